The molecule has 0 atom stereocenters. The van der Waals surface area contributed by atoms with Crippen LogP contribution in [0.2, 0.25) is 0 Å². The third kappa shape index (κ3) is 3.54. The van der Waals surface area contributed by atoms with Crippen LogP contribution in [-0.4, -0.2) is 50.3 Å². The fraction of sp³-hybridized carbons (Fsp3) is 0.455. The Labute approximate surface area is 179 Å². The minimum Gasteiger partial charge on any atom is -0.370 e. The Morgan fingerprint density at radius 2 is 2.13 bits per heavy atom. The van der Waals surface area contributed by atoms with Crippen LogP contribution in [0.4, 0.5) is 0 Å². The highest BCUT2D eigenvalue weighted by atomic mass is 32.1. The number of piperidine rings is 1. The Bertz CT molecular complexity index is 1040. The summed E-state index contributed by atoms with van der Waals surface area (Å²) in [6.07, 6.45) is 10.9. The predicted octanol–water partition coefficient (Wildman–Crippen LogP) is 2.96. The second-order valence-electron chi connectivity index (χ2n) is 7.96. The van der Waals surface area contributed by atoms with Crippen molar-refractivity contribution in [1.82, 2.24) is 24.6 Å². The summed E-state index contributed by atoms with van der Waals surface area (Å²) >= 11 is 1.80. The number of fused-ring (bicyclic) bond motifs is 2. The standard InChI is InChI=1S/C22H25N5O2S/c1-26-16(4-8-25-26)2-3-21(28)27-11-6-22(7-12-27)17-14-20(18-15-23-9-10-24-18)30-19(17)5-13-29-22/h4,8-10,14-15H,2-3,5-7,11-13H2,1H3. The van der Waals surface area contributed by atoms with Crippen molar-refractivity contribution in [2.45, 2.75) is 37.7 Å². The van der Waals surface area contributed by atoms with Gasteiger partial charge in [0.1, 0.15) is 0 Å². The van der Waals surface area contributed by atoms with Gasteiger partial charge in [-0.1, -0.05) is 0 Å². The molecule has 0 unspecified atom stereocenters. The maximum absolute atomic E-state index is 12.8. The van der Waals surface area contributed by atoms with Crippen LogP contribution in [0, 0.1) is 0 Å². The van der Waals surface area contributed by atoms with Crippen LogP contribution < -0.4 is 0 Å². The predicted molar refractivity (Wildman–Crippen MR) is 114 cm³/mol. The summed E-state index contributed by atoms with van der Waals surface area (Å²) in [5.74, 6) is 0.215. The third-order valence-electron chi connectivity index (χ3n) is 6.26. The van der Waals surface area contributed by atoms with Crippen molar-refractivity contribution in [2.24, 2.45) is 7.05 Å². The summed E-state index contributed by atoms with van der Waals surface area (Å²) in [7, 11) is 1.92. The largest absolute Gasteiger partial charge is 0.370 e. The molecule has 1 saturated heterocycles. The number of hydrogen-bond donors (Lipinski definition) is 0. The molecule has 1 fully saturated rings. The van der Waals surface area contributed by atoms with E-state index in [-0.39, 0.29) is 11.5 Å². The van der Waals surface area contributed by atoms with E-state index < -0.39 is 0 Å². The van der Waals surface area contributed by atoms with Crippen LogP contribution in [0.5, 0.6) is 0 Å². The topological polar surface area (TPSA) is 73.1 Å². The van der Waals surface area contributed by atoms with E-state index in [4.69, 9.17) is 4.74 Å². The molecule has 156 valence electrons. The minimum atomic E-state index is -0.274. The van der Waals surface area contributed by atoms with Gasteiger partial charge in [0, 0.05) is 62.1 Å². The lowest BCUT2D eigenvalue weighted by Gasteiger charge is -2.44. The number of thiophene rings is 1. The van der Waals surface area contributed by atoms with Crippen molar-refractivity contribution in [3.8, 4) is 10.6 Å². The van der Waals surface area contributed by atoms with Crippen LogP contribution >= 0.6 is 11.3 Å². The molecule has 8 heteroatoms. The van der Waals surface area contributed by atoms with Gasteiger partial charge in [0.05, 0.1) is 29.0 Å². The number of rotatable bonds is 4. The van der Waals surface area contributed by atoms with Crippen LogP contribution in [0.3, 0.4) is 0 Å². The van der Waals surface area contributed by atoms with Gasteiger partial charge in [0.2, 0.25) is 5.91 Å². The molecule has 3 aromatic rings. The number of carbonyl (C=O) groups is 1. The SMILES string of the molecule is Cn1nccc1CCC(=O)N1CCC2(CC1)OCCc1sc(-c3cnccn3)cc12. The van der Waals surface area contributed by atoms with Gasteiger partial charge in [-0.2, -0.15) is 5.10 Å². The van der Waals surface area contributed by atoms with E-state index in [1.54, 1.807) is 29.9 Å². The Kier molecular flexibility index (Phi) is 5.12. The molecule has 5 rings (SSSR count). The number of aryl methyl sites for hydroxylation is 2. The first-order valence-corrected chi connectivity index (χ1v) is 11.2. The van der Waals surface area contributed by atoms with Crippen molar-refractivity contribution >= 4 is 17.2 Å². The molecule has 5 heterocycles. The van der Waals surface area contributed by atoms with Crippen molar-refractivity contribution < 1.29 is 9.53 Å². The van der Waals surface area contributed by atoms with E-state index >= 15 is 0 Å². The lowest BCUT2D eigenvalue weighted by Crippen LogP contribution is -2.48. The Hall–Kier alpha value is -2.58. The smallest absolute Gasteiger partial charge is 0.222 e. The maximum atomic E-state index is 12.8. The molecular formula is C22H25N5O2S. The highest BCUT2D eigenvalue weighted by molar-refractivity contribution is 7.15. The number of ether oxygens (including phenoxy) is 1. The van der Waals surface area contributed by atoms with Gasteiger partial charge in [-0.15, -0.1) is 11.3 Å². The first-order valence-electron chi connectivity index (χ1n) is 10.4. The highest BCUT2D eigenvalue weighted by Crippen LogP contribution is 2.46. The van der Waals surface area contributed by atoms with Crippen molar-refractivity contribution in [1.29, 1.82) is 0 Å². The summed E-state index contributed by atoms with van der Waals surface area (Å²) in [5, 5.41) is 4.18. The van der Waals surface area contributed by atoms with Gasteiger partial charge in [-0.05, 0) is 37.0 Å². The second-order valence-corrected chi connectivity index (χ2v) is 9.09. The first-order chi connectivity index (χ1) is 14.6. The molecule has 3 aromatic heterocycles. The average Bonchev–Trinajstić information content (AvgIpc) is 3.40. The van der Waals surface area contributed by atoms with Gasteiger partial charge < -0.3 is 9.64 Å². The number of aromatic nitrogens is 4. The lowest BCUT2D eigenvalue weighted by atomic mass is 9.82. The number of carbonyl (C=O) groups excluding carboxylic acids is 1. The summed E-state index contributed by atoms with van der Waals surface area (Å²) < 4.78 is 8.20. The van der Waals surface area contributed by atoms with Gasteiger partial charge in [0.15, 0.2) is 0 Å². The summed E-state index contributed by atoms with van der Waals surface area (Å²) in [4.78, 5) is 25.9. The zero-order chi connectivity index (χ0) is 20.6. The molecule has 0 bridgehead atoms. The van der Waals surface area contributed by atoms with E-state index in [1.807, 2.05) is 28.9 Å². The van der Waals surface area contributed by atoms with Crippen LogP contribution in [0.25, 0.3) is 10.6 Å². The van der Waals surface area contributed by atoms with Crippen molar-refractivity contribution in [2.75, 3.05) is 19.7 Å². The van der Waals surface area contributed by atoms with Gasteiger partial charge in [-0.3, -0.25) is 19.4 Å². The minimum absolute atomic E-state index is 0.215. The molecule has 2 aliphatic rings. The van der Waals surface area contributed by atoms with Crippen molar-refractivity contribution in [3.05, 3.63) is 53.1 Å². The molecule has 1 spiro atoms. The fourth-order valence-corrected chi connectivity index (χ4v) is 5.73. The summed E-state index contributed by atoms with van der Waals surface area (Å²) in [6, 6.07) is 4.21. The van der Waals surface area contributed by atoms with E-state index in [2.05, 4.69) is 21.1 Å². The molecule has 0 aromatic carbocycles. The zero-order valence-corrected chi connectivity index (χ0v) is 17.9. The monoisotopic (exact) mass is 423 g/mol. The number of nitrogens with zero attached hydrogens (tertiary/aromatic N) is 5. The second kappa shape index (κ2) is 7.92. The van der Waals surface area contributed by atoms with Crippen LogP contribution in [-0.2, 0) is 35.0 Å². The first kappa shape index (κ1) is 19.4. The number of amides is 1. The molecule has 7 nitrogen and oxygen atoms in total. The van der Waals surface area contributed by atoms with Gasteiger partial charge in [-0.25, -0.2) is 0 Å². The molecule has 0 saturated carbocycles. The molecule has 0 radical (unpaired) electrons. The Morgan fingerprint density at radius 1 is 1.27 bits per heavy atom. The normalized spacial score (nSPS) is 17.8. The van der Waals surface area contributed by atoms with Crippen molar-refractivity contribution in [3.63, 3.8) is 0 Å². The summed E-state index contributed by atoms with van der Waals surface area (Å²) in [5.41, 5.74) is 3.02. The molecular weight excluding hydrogens is 398 g/mol. The Morgan fingerprint density at radius 3 is 2.87 bits per heavy atom. The van der Waals surface area contributed by atoms with E-state index in [0.29, 0.717) is 6.42 Å². The lowest BCUT2D eigenvalue weighted by molar-refractivity contribution is -0.140. The quantitative estimate of drug-likeness (QED) is 0.645. The summed E-state index contributed by atoms with van der Waals surface area (Å²) in [6.45, 7) is 2.21. The van der Waals surface area contributed by atoms with Crippen LogP contribution in [0.15, 0.2) is 36.9 Å². The third-order valence-corrected chi connectivity index (χ3v) is 7.48. The van der Waals surface area contributed by atoms with E-state index in [9.17, 15) is 4.79 Å². The maximum Gasteiger partial charge on any atom is 0.222 e. The van der Waals surface area contributed by atoms with Gasteiger partial charge in [0.25, 0.3) is 0 Å². The van der Waals surface area contributed by atoms with Crippen LogP contribution in [0.1, 0.15) is 35.4 Å². The van der Waals surface area contributed by atoms with E-state index in [1.165, 1.54) is 10.4 Å². The average molecular weight is 424 g/mol. The molecule has 0 aliphatic carbocycles. The number of likely N-dealkylation sites (tertiary alicyclic amines) is 1. The Balaban J connectivity index is 1.27. The molecule has 2 aliphatic heterocycles. The zero-order valence-electron chi connectivity index (χ0n) is 17.1. The van der Waals surface area contributed by atoms with E-state index in [0.717, 1.165) is 61.6 Å². The molecule has 30 heavy (non-hydrogen) atoms. The molecule has 0 N–H and O–H groups in total. The fourth-order valence-electron chi connectivity index (χ4n) is 4.54. The molecule has 1 amide bonds. The highest BCUT2D eigenvalue weighted by Gasteiger charge is 2.42. The van der Waals surface area contributed by atoms with Gasteiger partial charge >= 0.3 is 0 Å². The number of hydrogen-bond acceptors (Lipinski definition) is 6.